The number of hydrogen-bond acceptors (Lipinski definition) is 5. The normalized spacial score (nSPS) is 10.6. The lowest BCUT2D eigenvalue weighted by molar-refractivity contribution is 0.534. The van der Waals surface area contributed by atoms with Gasteiger partial charge in [0, 0.05) is 18.0 Å². The highest BCUT2D eigenvalue weighted by molar-refractivity contribution is 7.98. The van der Waals surface area contributed by atoms with Crippen LogP contribution in [0.3, 0.4) is 0 Å². The van der Waals surface area contributed by atoms with Crippen molar-refractivity contribution in [1.29, 1.82) is 5.26 Å². The molecule has 0 radical (unpaired) electrons. The largest absolute Gasteiger partial charge is 0.344 e. The number of hydrogen-bond donors (Lipinski definition) is 1. The molecule has 19 heavy (non-hydrogen) atoms. The molecule has 6 nitrogen and oxygen atoms in total. The Balaban J connectivity index is 2.20. The SMILES string of the molecule is CC(C)n1c(SCc2cccnc2C#N)n[nH]c1=O. The smallest absolute Gasteiger partial charge is 0.268 e. The molecule has 0 fully saturated rings. The van der Waals surface area contributed by atoms with E-state index in [1.807, 2.05) is 19.9 Å². The topological polar surface area (TPSA) is 87.4 Å². The van der Waals surface area contributed by atoms with Crippen LogP contribution >= 0.6 is 11.8 Å². The molecule has 0 atom stereocenters. The summed E-state index contributed by atoms with van der Waals surface area (Å²) in [6.45, 7) is 3.84. The molecule has 0 bridgehead atoms. The zero-order chi connectivity index (χ0) is 13.8. The number of pyridine rings is 1. The Morgan fingerprint density at radius 1 is 1.58 bits per heavy atom. The minimum Gasteiger partial charge on any atom is -0.268 e. The Morgan fingerprint density at radius 3 is 3.05 bits per heavy atom. The zero-order valence-electron chi connectivity index (χ0n) is 10.6. The summed E-state index contributed by atoms with van der Waals surface area (Å²) in [6, 6.07) is 5.73. The molecular weight excluding hydrogens is 262 g/mol. The van der Waals surface area contributed by atoms with Crippen molar-refractivity contribution in [2.24, 2.45) is 0 Å². The van der Waals surface area contributed by atoms with Gasteiger partial charge >= 0.3 is 5.69 Å². The van der Waals surface area contributed by atoms with Gasteiger partial charge in [0.15, 0.2) is 5.16 Å². The van der Waals surface area contributed by atoms with Gasteiger partial charge < -0.3 is 0 Å². The van der Waals surface area contributed by atoms with E-state index in [0.717, 1.165) is 5.56 Å². The summed E-state index contributed by atoms with van der Waals surface area (Å²) in [5.41, 5.74) is 1.02. The maximum Gasteiger partial charge on any atom is 0.344 e. The van der Waals surface area contributed by atoms with E-state index in [9.17, 15) is 4.79 Å². The molecule has 0 aromatic carbocycles. The van der Waals surface area contributed by atoms with Crippen LogP contribution in [0.5, 0.6) is 0 Å². The fourth-order valence-electron chi connectivity index (χ4n) is 1.65. The van der Waals surface area contributed by atoms with Crippen LogP contribution in [0.25, 0.3) is 0 Å². The van der Waals surface area contributed by atoms with Crippen LogP contribution in [0, 0.1) is 11.3 Å². The molecule has 0 aliphatic carbocycles. The average Bonchev–Trinajstić information content (AvgIpc) is 2.78. The maximum absolute atomic E-state index is 11.6. The molecule has 0 saturated carbocycles. The second-order valence-electron chi connectivity index (χ2n) is 4.19. The van der Waals surface area contributed by atoms with E-state index in [2.05, 4.69) is 21.3 Å². The Bertz CT molecular complexity index is 667. The number of H-pyrrole nitrogens is 1. The lowest BCUT2D eigenvalue weighted by atomic mass is 10.2. The molecule has 2 heterocycles. The first-order chi connectivity index (χ1) is 9.13. The molecule has 7 heteroatoms. The van der Waals surface area contributed by atoms with Crippen LogP contribution in [-0.2, 0) is 5.75 Å². The van der Waals surface area contributed by atoms with Gasteiger partial charge in [-0.1, -0.05) is 17.8 Å². The molecule has 0 amide bonds. The van der Waals surface area contributed by atoms with Crippen LogP contribution in [0.15, 0.2) is 28.3 Å². The monoisotopic (exact) mass is 275 g/mol. The number of nitriles is 1. The highest BCUT2D eigenvalue weighted by Crippen LogP contribution is 2.22. The first kappa shape index (κ1) is 13.4. The van der Waals surface area contributed by atoms with Crippen molar-refractivity contribution in [2.75, 3.05) is 0 Å². The minimum atomic E-state index is -0.218. The number of nitrogens with one attached hydrogen (secondary N) is 1. The Kier molecular flexibility index (Phi) is 4.02. The van der Waals surface area contributed by atoms with Gasteiger partial charge in [-0.2, -0.15) is 5.26 Å². The standard InChI is InChI=1S/C12H13N5OS/c1-8(2)17-11(18)15-16-12(17)19-7-9-4-3-5-14-10(9)6-13/h3-5,8H,7H2,1-2H3,(H,15,18). The summed E-state index contributed by atoms with van der Waals surface area (Å²) in [7, 11) is 0. The molecule has 0 spiro atoms. The predicted molar refractivity (Wildman–Crippen MR) is 71.7 cm³/mol. The predicted octanol–water partition coefficient (Wildman–Crippen LogP) is 1.71. The zero-order valence-corrected chi connectivity index (χ0v) is 11.4. The lowest BCUT2D eigenvalue weighted by Gasteiger charge is -2.08. The van der Waals surface area contributed by atoms with Crippen molar-refractivity contribution in [2.45, 2.75) is 30.8 Å². The molecule has 98 valence electrons. The molecular formula is C12H13N5OS. The van der Waals surface area contributed by atoms with Crippen LogP contribution in [0.4, 0.5) is 0 Å². The van der Waals surface area contributed by atoms with Gasteiger partial charge in [0.25, 0.3) is 0 Å². The number of aromatic amines is 1. The molecule has 2 rings (SSSR count). The highest BCUT2D eigenvalue weighted by Gasteiger charge is 2.12. The molecule has 1 N–H and O–H groups in total. The van der Waals surface area contributed by atoms with Gasteiger partial charge in [0.05, 0.1) is 0 Å². The van der Waals surface area contributed by atoms with Crippen molar-refractivity contribution < 1.29 is 0 Å². The number of thioether (sulfide) groups is 1. The Morgan fingerprint density at radius 2 is 2.37 bits per heavy atom. The second-order valence-corrected chi connectivity index (χ2v) is 5.13. The summed E-state index contributed by atoms with van der Waals surface area (Å²) in [4.78, 5) is 15.6. The van der Waals surface area contributed by atoms with Crippen molar-refractivity contribution in [3.63, 3.8) is 0 Å². The van der Waals surface area contributed by atoms with Crippen molar-refractivity contribution >= 4 is 11.8 Å². The average molecular weight is 275 g/mol. The molecule has 0 saturated heterocycles. The van der Waals surface area contributed by atoms with E-state index in [1.165, 1.54) is 11.8 Å². The van der Waals surface area contributed by atoms with E-state index in [4.69, 9.17) is 5.26 Å². The number of aromatic nitrogens is 4. The molecule has 2 aromatic heterocycles. The highest BCUT2D eigenvalue weighted by atomic mass is 32.2. The third kappa shape index (κ3) is 2.85. The van der Waals surface area contributed by atoms with Gasteiger partial charge in [-0.05, 0) is 25.5 Å². The van der Waals surface area contributed by atoms with E-state index < -0.39 is 0 Å². The summed E-state index contributed by atoms with van der Waals surface area (Å²) in [5, 5.41) is 16.0. The lowest BCUT2D eigenvalue weighted by Crippen LogP contribution is -2.19. The third-order valence-corrected chi connectivity index (χ3v) is 3.54. The molecule has 0 aliphatic heterocycles. The van der Waals surface area contributed by atoms with Crippen LogP contribution in [0.2, 0.25) is 0 Å². The summed E-state index contributed by atoms with van der Waals surface area (Å²) >= 11 is 1.41. The molecule has 0 aliphatic rings. The third-order valence-electron chi connectivity index (χ3n) is 2.54. The van der Waals surface area contributed by atoms with E-state index in [0.29, 0.717) is 16.6 Å². The number of rotatable bonds is 4. The molecule has 2 aromatic rings. The number of nitrogens with zero attached hydrogens (tertiary/aromatic N) is 4. The van der Waals surface area contributed by atoms with Gasteiger partial charge in [0.1, 0.15) is 11.8 Å². The van der Waals surface area contributed by atoms with Crippen LogP contribution < -0.4 is 5.69 Å². The molecule has 0 unspecified atom stereocenters. The fraction of sp³-hybridized carbons (Fsp3) is 0.333. The first-order valence-electron chi connectivity index (χ1n) is 5.77. The van der Waals surface area contributed by atoms with Crippen molar-refractivity contribution in [1.82, 2.24) is 19.7 Å². The maximum atomic E-state index is 11.6. The van der Waals surface area contributed by atoms with Crippen LogP contribution in [-0.4, -0.2) is 19.7 Å². The van der Waals surface area contributed by atoms with E-state index in [-0.39, 0.29) is 11.7 Å². The van der Waals surface area contributed by atoms with Gasteiger partial charge in [-0.3, -0.25) is 4.57 Å². The minimum absolute atomic E-state index is 0.0399. The summed E-state index contributed by atoms with van der Waals surface area (Å²) < 4.78 is 1.59. The second kappa shape index (κ2) is 5.71. The summed E-state index contributed by atoms with van der Waals surface area (Å²) in [6.07, 6.45) is 1.59. The Labute approximate surface area is 114 Å². The van der Waals surface area contributed by atoms with Crippen molar-refractivity contribution in [3.05, 3.63) is 40.1 Å². The van der Waals surface area contributed by atoms with Gasteiger partial charge in [-0.25, -0.2) is 14.9 Å². The Hall–Kier alpha value is -2.07. The van der Waals surface area contributed by atoms with Gasteiger partial charge in [-0.15, -0.1) is 5.10 Å². The van der Waals surface area contributed by atoms with E-state index >= 15 is 0 Å². The van der Waals surface area contributed by atoms with E-state index in [1.54, 1.807) is 16.8 Å². The summed E-state index contributed by atoms with van der Waals surface area (Å²) in [5.74, 6) is 0.549. The first-order valence-corrected chi connectivity index (χ1v) is 6.75. The van der Waals surface area contributed by atoms with Gasteiger partial charge in [0.2, 0.25) is 0 Å². The fourth-order valence-corrected chi connectivity index (χ4v) is 2.71. The van der Waals surface area contributed by atoms with Crippen molar-refractivity contribution in [3.8, 4) is 6.07 Å². The quantitative estimate of drug-likeness (QED) is 0.858. The van der Waals surface area contributed by atoms with Crippen LogP contribution in [0.1, 0.15) is 31.1 Å².